The number of benzene rings is 1. The standard InChI is InChI=1S/C12H9N3OS/c1-7-14-9-4-8(2-3-11(9)17-7)10-5-13-6-12(16)15-10/h2-6H,1H3,(H,15,16). The fourth-order valence-electron chi connectivity index (χ4n) is 1.73. The third-order valence-electron chi connectivity index (χ3n) is 2.46. The minimum atomic E-state index is -0.197. The van der Waals surface area contributed by atoms with Crippen molar-refractivity contribution in [3.8, 4) is 11.3 Å². The van der Waals surface area contributed by atoms with Crippen LogP contribution in [0.15, 0.2) is 35.4 Å². The van der Waals surface area contributed by atoms with Gasteiger partial charge in [-0.1, -0.05) is 6.07 Å². The smallest absolute Gasteiger partial charge is 0.266 e. The van der Waals surface area contributed by atoms with E-state index >= 15 is 0 Å². The van der Waals surface area contributed by atoms with Crippen LogP contribution in [0.3, 0.4) is 0 Å². The zero-order valence-electron chi connectivity index (χ0n) is 9.10. The second kappa shape index (κ2) is 3.78. The van der Waals surface area contributed by atoms with Crippen molar-refractivity contribution in [1.29, 1.82) is 0 Å². The second-order valence-electron chi connectivity index (χ2n) is 3.73. The first-order valence-corrected chi connectivity index (χ1v) is 5.96. The van der Waals surface area contributed by atoms with Crippen LogP contribution in [0.4, 0.5) is 0 Å². The zero-order chi connectivity index (χ0) is 11.8. The van der Waals surface area contributed by atoms with Crippen molar-refractivity contribution in [3.63, 3.8) is 0 Å². The highest BCUT2D eigenvalue weighted by atomic mass is 32.1. The van der Waals surface area contributed by atoms with Crippen molar-refractivity contribution >= 4 is 21.6 Å². The van der Waals surface area contributed by atoms with E-state index in [4.69, 9.17) is 0 Å². The first-order chi connectivity index (χ1) is 8.22. The normalized spacial score (nSPS) is 10.9. The summed E-state index contributed by atoms with van der Waals surface area (Å²) < 4.78 is 1.15. The second-order valence-corrected chi connectivity index (χ2v) is 4.96. The van der Waals surface area contributed by atoms with Crippen LogP contribution in [0.2, 0.25) is 0 Å². The Balaban J connectivity index is 2.20. The molecule has 0 saturated carbocycles. The molecular formula is C12H9N3OS. The Morgan fingerprint density at radius 1 is 1.29 bits per heavy atom. The highest BCUT2D eigenvalue weighted by Crippen LogP contribution is 2.25. The summed E-state index contributed by atoms with van der Waals surface area (Å²) in [6.45, 7) is 1.98. The van der Waals surface area contributed by atoms with Crippen molar-refractivity contribution in [1.82, 2.24) is 15.0 Å². The van der Waals surface area contributed by atoms with Crippen molar-refractivity contribution < 1.29 is 0 Å². The Kier molecular flexibility index (Phi) is 2.26. The van der Waals surface area contributed by atoms with Gasteiger partial charge in [-0.05, 0) is 19.1 Å². The number of rotatable bonds is 1. The maximum atomic E-state index is 11.2. The van der Waals surface area contributed by atoms with Gasteiger partial charge in [0.05, 0.1) is 33.3 Å². The van der Waals surface area contributed by atoms with Crippen LogP contribution in [0.25, 0.3) is 21.5 Å². The van der Waals surface area contributed by atoms with Crippen LogP contribution < -0.4 is 5.56 Å². The number of aromatic amines is 1. The molecule has 2 aromatic heterocycles. The molecule has 1 N–H and O–H groups in total. The molecule has 0 saturated heterocycles. The van der Waals surface area contributed by atoms with Gasteiger partial charge in [-0.25, -0.2) is 4.98 Å². The molecule has 0 amide bonds. The number of hydrogen-bond donors (Lipinski definition) is 1. The van der Waals surface area contributed by atoms with Crippen LogP contribution in [0.1, 0.15) is 5.01 Å². The molecule has 17 heavy (non-hydrogen) atoms. The van der Waals surface area contributed by atoms with E-state index in [9.17, 15) is 4.79 Å². The van der Waals surface area contributed by atoms with E-state index in [1.807, 2.05) is 25.1 Å². The van der Waals surface area contributed by atoms with Gasteiger partial charge in [0.1, 0.15) is 0 Å². The molecule has 0 bridgehead atoms. The molecule has 0 unspecified atom stereocenters. The predicted molar refractivity (Wildman–Crippen MR) is 68.2 cm³/mol. The molecule has 0 radical (unpaired) electrons. The van der Waals surface area contributed by atoms with E-state index < -0.39 is 0 Å². The van der Waals surface area contributed by atoms with Crippen LogP contribution in [0.5, 0.6) is 0 Å². The summed E-state index contributed by atoms with van der Waals surface area (Å²) in [5.74, 6) is 0. The molecule has 3 rings (SSSR count). The van der Waals surface area contributed by atoms with Gasteiger partial charge in [0.25, 0.3) is 5.56 Å². The summed E-state index contributed by atoms with van der Waals surface area (Å²) in [5.41, 5.74) is 2.39. The first-order valence-electron chi connectivity index (χ1n) is 5.14. The highest BCUT2D eigenvalue weighted by molar-refractivity contribution is 7.18. The molecule has 3 aromatic rings. The van der Waals surface area contributed by atoms with Gasteiger partial charge in [0.2, 0.25) is 0 Å². The molecule has 0 aliphatic carbocycles. The summed E-state index contributed by atoms with van der Waals surface area (Å²) in [6.07, 6.45) is 2.90. The van der Waals surface area contributed by atoms with Gasteiger partial charge in [-0.15, -0.1) is 11.3 Å². The number of nitrogens with one attached hydrogen (secondary N) is 1. The number of aryl methyl sites for hydroxylation is 1. The quantitative estimate of drug-likeness (QED) is 0.713. The Hall–Kier alpha value is -2.01. The van der Waals surface area contributed by atoms with Gasteiger partial charge in [-0.3, -0.25) is 9.78 Å². The van der Waals surface area contributed by atoms with E-state index in [0.29, 0.717) is 5.69 Å². The van der Waals surface area contributed by atoms with Crippen molar-refractivity contribution in [2.45, 2.75) is 6.92 Å². The first kappa shape index (κ1) is 10.2. The lowest BCUT2D eigenvalue weighted by Crippen LogP contribution is -2.05. The fraction of sp³-hybridized carbons (Fsp3) is 0.0833. The Labute approximate surface area is 101 Å². The monoisotopic (exact) mass is 243 g/mol. The van der Waals surface area contributed by atoms with Crippen molar-refractivity contribution in [2.24, 2.45) is 0 Å². The summed E-state index contributed by atoms with van der Waals surface area (Å²) in [6, 6.07) is 5.94. The van der Waals surface area contributed by atoms with Crippen LogP contribution in [-0.2, 0) is 0 Å². The zero-order valence-corrected chi connectivity index (χ0v) is 9.91. The highest BCUT2D eigenvalue weighted by Gasteiger charge is 2.04. The summed E-state index contributed by atoms with van der Waals surface area (Å²) in [5, 5.41) is 1.04. The van der Waals surface area contributed by atoms with E-state index in [1.54, 1.807) is 17.5 Å². The minimum absolute atomic E-state index is 0.197. The van der Waals surface area contributed by atoms with Gasteiger partial charge in [-0.2, -0.15) is 0 Å². The Morgan fingerprint density at radius 2 is 2.18 bits per heavy atom. The minimum Gasteiger partial charge on any atom is -0.319 e. The number of nitrogens with zero attached hydrogens (tertiary/aromatic N) is 2. The maximum absolute atomic E-state index is 11.2. The lowest BCUT2D eigenvalue weighted by molar-refractivity contribution is 1.14. The molecule has 0 aliphatic heterocycles. The fourth-order valence-corrected chi connectivity index (χ4v) is 2.54. The SMILES string of the molecule is Cc1nc2cc(-c3cncc(=O)[nH]3)ccc2s1. The molecular weight excluding hydrogens is 234 g/mol. The Morgan fingerprint density at radius 3 is 3.00 bits per heavy atom. The van der Waals surface area contributed by atoms with E-state index in [2.05, 4.69) is 15.0 Å². The average molecular weight is 243 g/mol. The van der Waals surface area contributed by atoms with E-state index in [-0.39, 0.29) is 5.56 Å². The van der Waals surface area contributed by atoms with Gasteiger partial charge < -0.3 is 4.98 Å². The summed E-state index contributed by atoms with van der Waals surface area (Å²) in [4.78, 5) is 22.3. The summed E-state index contributed by atoms with van der Waals surface area (Å²) in [7, 11) is 0. The maximum Gasteiger partial charge on any atom is 0.266 e. The molecule has 0 aliphatic rings. The third kappa shape index (κ3) is 1.85. The molecule has 0 spiro atoms. The number of H-pyrrole nitrogens is 1. The molecule has 5 heteroatoms. The topological polar surface area (TPSA) is 58.6 Å². The Bertz CT molecular complexity index is 745. The lowest BCUT2D eigenvalue weighted by Gasteiger charge is -1.99. The molecule has 84 valence electrons. The lowest BCUT2D eigenvalue weighted by atomic mass is 10.1. The number of thiazole rings is 1. The number of aromatic nitrogens is 3. The van der Waals surface area contributed by atoms with Gasteiger partial charge >= 0.3 is 0 Å². The molecule has 1 aromatic carbocycles. The van der Waals surface area contributed by atoms with Gasteiger partial charge in [0.15, 0.2) is 0 Å². The molecule has 4 nitrogen and oxygen atoms in total. The summed E-state index contributed by atoms with van der Waals surface area (Å²) >= 11 is 1.66. The predicted octanol–water partition coefficient (Wildman–Crippen LogP) is 2.36. The third-order valence-corrected chi connectivity index (χ3v) is 3.41. The van der Waals surface area contributed by atoms with Crippen LogP contribution >= 0.6 is 11.3 Å². The molecule has 2 heterocycles. The average Bonchev–Trinajstić information content (AvgIpc) is 2.68. The number of hydrogen-bond acceptors (Lipinski definition) is 4. The molecule has 0 atom stereocenters. The largest absolute Gasteiger partial charge is 0.319 e. The number of fused-ring (bicyclic) bond motifs is 1. The van der Waals surface area contributed by atoms with Crippen LogP contribution in [0, 0.1) is 6.92 Å². The van der Waals surface area contributed by atoms with Gasteiger partial charge in [0, 0.05) is 5.56 Å². The van der Waals surface area contributed by atoms with E-state index in [1.165, 1.54) is 6.20 Å². The molecule has 0 fully saturated rings. The van der Waals surface area contributed by atoms with Crippen molar-refractivity contribution in [2.75, 3.05) is 0 Å². The van der Waals surface area contributed by atoms with Crippen LogP contribution in [-0.4, -0.2) is 15.0 Å². The van der Waals surface area contributed by atoms with Crippen molar-refractivity contribution in [3.05, 3.63) is 46.0 Å². The van der Waals surface area contributed by atoms with E-state index in [0.717, 1.165) is 20.8 Å².